The number of thiophene rings is 1. The van der Waals surface area contributed by atoms with Crippen LogP contribution in [-0.4, -0.2) is 33.8 Å². The fourth-order valence-electron chi connectivity index (χ4n) is 2.47. The van der Waals surface area contributed by atoms with Gasteiger partial charge in [0.1, 0.15) is 4.83 Å². The van der Waals surface area contributed by atoms with E-state index in [9.17, 15) is 9.59 Å². The third-order valence-electron chi connectivity index (χ3n) is 3.56. The molecule has 21 heavy (non-hydrogen) atoms. The summed E-state index contributed by atoms with van der Waals surface area (Å²) in [6.07, 6.45) is 3.12. The van der Waals surface area contributed by atoms with Crippen LogP contribution in [0.2, 0.25) is 0 Å². The number of nitrogens with one attached hydrogen (secondary N) is 2. The number of thiazole rings is 1. The molecule has 1 aliphatic rings. The van der Waals surface area contributed by atoms with E-state index in [2.05, 4.69) is 15.6 Å². The second-order valence-corrected chi connectivity index (χ2v) is 6.89. The van der Waals surface area contributed by atoms with Crippen LogP contribution in [0.4, 0.5) is 0 Å². The number of nitrogens with zero attached hydrogens (tertiary/aromatic N) is 2. The molecule has 3 aromatic rings. The maximum atomic E-state index is 12.3. The SMILES string of the molecule is O=C1CCC(NC(=O)c2cc3c(nc4sccn43)s2)CN1. The molecule has 6 nitrogen and oxygen atoms in total. The van der Waals surface area contributed by atoms with Crippen LogP contribution in [0.3, 0.4) is 0 Å². The molecule has 2 N–H and O–H groups in total. The van der Waals surface area contributed by atoms with Gasteiger partial charge in [-0.25, -0.2) is 4.98 Å². The third kappa shape index (κ3) is 2.20. The first kappa shape index (κ1) is 12.8. The lowest BCUT2D eigenvalue weighted by Crippen LogP contribution is -2.47. The van der Waals surface area contributed by atoms with Gasteiger partial charge in [-0.05, 0) is 12.5 Å². The van der Waals surface area contributed by atoms with E-state index in [0.717, 1.165) is 15.3 Å². The zero-order valence-electron chi connectivity index (χ0n) is 11.0. The summed E-state index contributed by atoms with van der Waals surface area (Å²) in [5, 5.41) is 7.71. The Kier molecular flexibility index (Phi) is 2.93. The molecule has 1 aliphatic heterocycles. The minimum absolute atomic E-state index is 0.00782. The van der Waals surface area contributed by atoms with Crippen LogP contribution in [0.25, 0.3) is 15.3 Å². The Morgan fingerprint density at radius 2 is 2.43 bits per heavy atom. The minimum Gasteiger partial charge on any atom is -0.354 e. The largest absolute Gasteiger partial charge is 0.354 e. The highest BCUT2D eigenvalue weighted by Gasteiger charge is 2.22. The van der Waals surface area contributed by atoms with Crippen molar-refractivity contribution in [3.8, 4) is 0 Å². The Balaban J connectivity index is 1.56. The molecule has 4 heterocycles. The summed E-state index contributed by atoms with van der Waals surface area (Å²) in [7, 11) is 0. The molecule has 0 bridgehead atoms. The highest BCUT2D eigenvalue weighted by atomic mass is 32.1. The van der Waals surface area contributed by atoms with Gasteiger partial charge in [0.25, 0.3) is 5.91 Å². The summed E-state index contributed by atoms with van der Waals surface area (Å²) in [6, 6.07) is 1.89. The van der Waals surface area contributed by atoms with E-state index in [-0.39, 0.29) is 17.9 Å². The number of carbonyl (C=O) groups is 2. The van der Waals surface area contributed by atoms with Gasteiger partial charge in [-0.2, -0.15) is 0 Å². The number of hydrogen-bond acceptors (Lipinski definition) is 5. The van der Waals surface area contributed by atoms with Crippen molar-refractivity contribution in [3.05, 3.63) is 22.5 Å². The van der Waals surface area contributed by atoms with Crippen LogP contribution in [0, 0.1) is 0 Å². The van der Waals surface area contributed by atoms with E-state index in [0.29, 0.717) is 24.3 Å². The van der Waals surface area contributed by atoms with Gasteiger partial charge in [-0.15, -0.1) is 22.7 Å². The second kappa shape index (κ2) is 4.81. The third-order valence-corrected chi connectivity index (χ3v) is 5.34. The van der Waals surface area contributed by atoms with Crippen molar-refractivity contribution >= 4 is 49.8 Å². The number of piperidine rings is 1. The number of rotatable bonds is 2. The maximum absolute atomic E-state index is 12.3. The smallest absolute Gasteiger partial charge is 0.261 e. The summed E-state index contributed by atoms with van der Waals surface area (Å²) in [4.78, 5) is 30.4. The van der Waals surface area contributed by atoms with Gasteiger partial charge in [-0.1, -0.05) is 0 Å². The van der Waals surface area contributed by atoms with Crippen molar-refractivity contribution in [2.45, 2.75) is 18.9 Å². The summed E-state index contributed by atoms with van der Waals surface area (Å²) >= 11 is 2.98. The quantitative estimate of drug-likeness (QED) is 0.753. The number of aromatic nitrogens is 2. The zero-order chi connectivity index (χ0) is 14.4. The lowest BCUT2D eigenvalue weighted by atomic mass is 10.1. The van der Waals surface area contributed by atoms with Crippen molar-refractivity contribution in [2.75, 3.05) is 6.54 Å². The lowest BCUT2D eigenvalue weighted by molar-refractivity contribution is -0.122. The van der Waals surface area contributed by atoms with Gasteiger partial charge in [0.15, 0.2) is 4.96 Å². The maximum Gasteiger partial charge on any atom is 0.261 e. The minimum atomic E-state index is -0.0943. The van der Waals surface area contributed by atoms with Crippen molar-refractivity contribution in [3.63, 3.8) is 0 Å². The Morgan fingerprint density at radius 1 is 1.52 bits per heavy atom. The van der Waals surface area contributed by atoms with Crippen LogP contribution in [-0.2, 0) is 4.79 Å². The number of carbonyl (C=O) groups excluding carboxylic acids is 2. The van der Waals surface area contributed by atoms with E-state index < -0.39 is 0 Å². The molecule has 1 unspecified atom stereocenters. The van der Waals surface area contributed by atoms with E-state index in [1.165, 1.54) is 11.3 Å². The van der Waals surface area contributed by atoms with Gasteiger partial charge in [0.05, 0.1) is 10.4 Å². The summed E-state index contributed by atoms with van der Waals surface area (Å²) < 4.78 is 1.99. The molecule has 2 amide bonds. The molecule has 4 rings (SSSR count). The summed E-state index contributed by atoms with van der Waals surface area (Å²) in [5.41, 5.74) is 0.971. The molecule has 0 spiro atoms. The van der Waals surface area contributed by atoms with Crippen LogP contribution >= 0.6 is 22.7 Å². The molecular weight excluding hydrogens is 308 g/mol. The first-order valence-electron chi connectivity index (χ1n) is 6.63. The Morgan fingerprint density at radius 3 is 3.24 bits per heavy atom. The number of hydrogen-bond donors (Lipinski definition) is 2. The normalized spacial score (nSPS) is 19.0. The van der Waals surface area contributed by atoms with E-state index >= 15 is 0 Å². The van der Waals surface area contributed by atoms with E-state index in [1.807, 2.05) is 22.0 Å². The molecule has 8 heteroatoms. The number of amides is 2. The van der Waals surface area contributed by atoms with E-state index in [1.54, 1.807) is 11.3 Å². The van der Waals surface area contributed by atoms with Crippen molar-refractivity contribution in [1.29, 1.82) is 0 Å². The molecule has 0 aliphatic carbocycles. The molecule has 0 saturated carbocycles. The molecule has 108 valence electrons. The molecule has 1 atom stereocenters. The van der Waals surface area contributed by atoms with E-state index in [4.69, 9.17) is 0 Å². The van der Waals surface area contributed by atoms with Crippen LogP contribution < -0.4 is 10.6 Å². The molecular formula is C13H12N4O2S2. The van der Waals surface area contributed by atoms with Crippen LogP contribution in [0.5, 0.6) is 0 Å². The Labute approximate surface area is 127 Å². The second-order valence-electron chi connectivity index (χ2n) is 4.98. The predicted molar refractivity (Wildman–Crippen MR) is 81.9 cm³/mol. The summed E-state index contributed by atoms with van der Waals surface area (Å²) in [5.74, 6) is -0.0427. The fraction of sp³-hybridized carbons (Fsp3) is 0.308. The Hall–Kier alpha value is -1.93. The average molecular weight is 320 g/mol. The predicted octanol–water partition coefficient (Wildman–Crippen LogP) is 1.62. The molecule has 3 aromatic heterocycles. The number of fused-ring (bicyclic) bond motifs is 3. The monoisotopic (exact) mass is 320 g/mol. The van der Waals surface area contributed by atoms with Crippen LogP contribution in [0.1, 0.15) is 22.5 Å². The van der Waals surface area contributed by atoms with Crippen molar-refractivity contribution in [1.82, 2.24) is 20.0 Å². The summed E-state index contributed by atoms with van der Waals surface area (Å²) in [6.45, 7) is 0.503. The van der Waals surface area contributed by atoms with Crippen LogP contribution in [0.15, 0.2) is 17.6 Å². The highest BCUT2D eigenvalue weighted by molar-refractivity contribution is 7.21. The first-order valence-corrected chi connectivity index (χ1v) is 8.33. The Bertz CT molecular complexity index is 837. The average Bonchev–Trinajstić information content (AvgIpc) is 3.12. The standard InChI is InChI=1S/C13H12N4O2S2/c18-10-2-1-7(6-14-10)15-11(19)9-5-8-12(21-9)16-13-17(8)3-4-20-13/h3-5,7H,1-2,6H2,(H,14,18)(H,15,19). The lowest BCUT2D eigenvalue weighted by Gasteiger charge is -2.23. The van der Waals surface area contributed by atoms with Crippen molar-refractivity contribution in [2.24, 2.45) is 0 Å². The molecule has 1 saturated heterocycles. The number of imidazole rings is 1. The molecule has 1 fully saturated rings. The van der Waals surface area contributed by atoms with Gasteiger partial charge in [0, 0.05) is 30.6 Å². The topological polar surface area (TPSA) is 75.5 Å². The molecule has 0 radical (unpaired) electrons. The first-order chi connectivity index (χ1) is 10.2. The van der Waals surface area contributed by atoms with Crippen molar-refractivity contribution < 1.29 is 9.59 Å². The van der Waals surface area contributed by atoms with Gasteiger partial charge in [0.2, 0.25) is 5.91 Å². The van der Waals surface area contributed by atoms with Gasteiger partial charge in [-0.3, -0.25) is 14.0 Å². The fourth-order valence-corrected chi connectivity index (χ4v) is 4.18. The highest BCUT2D eigenvalue weighted by Crippen LogP contribution is 2.28. The zero-order valence-corrected chi connectivity index (χ0v) is 12.6. The molecule has 0 aromatic carbocycles. The van der Waals surface area contributed by atoms with Gasteiger partial charge >= 0.3 is 0 Å². The van der Waals surface area contributed by atoms with Gasteiger partial charge < -0.3 is 10.6 Å².